The molecule has 0 atom stereocenters. The van der Waals surface area contributed by atoms with Crippen LogP contribution in [-0.2, 0) is 9.53 Å². The Hall–Kier alpha value is -1.30. The fourth-order valence-corrected chi connectivity index (χ4v) is 1.41. The van der Waals surface area contributed by atoms with Gasteiger partial charge in [-0.3, -0.25) is 4.79 Å². The maximum absolute atomic E-state index is 11.3. The number of hydrogen-bond acceptors (Lipinski definition) is 3. The average Bonchev–Trinajstić information content (AvgIpc) is 2.39. The van der Waals surface area contributed by atoms with Crippen molar-refractivity contribution in [2.24, 2.45) is 10.9 Å². The molecule has 1 amide bonds. The van der Waals surface area contributed by atoms with E-state index in [0.717, 1.165) is 19.6 Å². The quantitative estimate of drug-likeness (QED) is 0.315. The number of guanidine groups is 1. The molecule has 0 saturated heterocycles. The zero-order valence-corrected chi connectivity index (χ0v) is 13.3. The molecule has 20 heavy (non-hydrogen) atoms. The molecular weight excluding hydrogens is 256 g/mol. The van der Waals surface area contributed by atoms with Crippen LogP contribution in [0.1, 0.15) is 34.1 Å². The first-order chi connectivity index (χ1) is 9.60. The number of aliphatic imine (C=N–C) groups is 1. The van der Waals surface area contributed by atoms with Crippen LogP contribution in [0, 0.1) is 5.92 Å². The van der Waals surface area contributed by atoms with Gasteiger partial charge in [-0.2, -0.15) is 0 Å². The highest BCUT2D eigenvalue weighted by Gasteiger charge is 2.00. The summed E-state index contributed by atoms with van der Waals surface area (Å²) in [5, 5.41) is 8.94. The molecule has 0 bridgehead atoms. The number of amides is 1. The zero-order chi connectivity index (χ0) is 15.2. The summed E-state index contributed by atoms with van der Waals surface area (Å²) in [6.07, 6.45) is 1.07. The summed E-state index contributed by atoms with van der Waals surface area (Å²) < 4.78 is 5.51. The van der Waals surface area contributed by atoms with Crippen LogP contribution in [0.25, 0.3) is 0 Å². The summed E-state index contributed by atoms with van der Waals surface area (Å²) in [6, 6.07) is 0. The Morgan fingerprint density at radius 1 is 1.10 bits per heavy atom. The van der Waals surface area contributed by atoms with E-state index >= 15 is 0 Å². The fourth-order valence-electron chi connectivity index (χ4n) is 1.41. The third-order valence-electron chi connectivity index (χ3n) is 2.48. The number of nitrogens with zero attached hydrogens (tertiary/aromatic N) is 1. The third-order valence-corrected chi connectivity index (χ3v) is 2.48. The van der Waals surface area contributed by atoms with Gasteiger partial charge in [0.15, 0.2) is 5.96 Å². The number of likely N-dealkylation sites (N-methyl/N-ethyl adjacent to an activating group) is 1. The van der Waals surface area contributed by atoms with E-state index in [0.29, 0.717) is 31.6 Å². The van der Waals surface area contributed by atoms with Crippen LogP contribution in [0.4, 0.5) is 0 Å². The highest BCUT2D eigenvalue weighted by Crippen LogP contribution is 1.98. The van der Waals surface area contributed by atoms with Gasteiger partial charge in [0, 0.05) is 26.2 Å². The molecule has 6 nitrogen and oxygen atoms in total. The summed E-state index contributed by atoms with van der Waals surface area (Å²) in [6.45, 7) is 11.9. The SMILES string of the molecule is CCNC(=O)CN=C(NCC)NCCOCCC(C)C. The molecule has 0 aliphatic heterocycles. The molecule has 0 unspecified atom stereocenters. The number of ether oxygens (including phenoxy) is 1. The molecule has 0 rings (SSSR count). The monoisotopic (exact) mass is 286 g/mol. The largest absolute Gasteiger partial charge is 0.380 e. The summed E-state index contributed by atoms with van der Waals surface area (Å²) in [4.78, 5) is 15.5. The number of carbonyl (C=O) groups is 1. The lowest BCUT2D eigenvalue weighted by Crippen LogP contribution is -2.40. The predicted molar refractivity (Wildman–Crippen MR) is 82.9 cm³/mol. The first kappa shape index (κ1) is 18.7. The highest BCUT2D eigenvalue weighted by molar-refractivity contribution is 5.84. The Morgan fingerprint density at radius 2 is 1.80 bits per heavy atom. The van der Waals surface area contributed by atoms with Gasteiger partial charge < -0.3 is 20.7 Å². The second kappa shape index (κ2) is 12.7. The maximum Gasteiger partial charge on any atom is 0.241 e. The van der Waals surface area contributed by atoms with Crippen LogP contribution < -0.4 is 16.0 Å². The molecule has 0 radical (unpaired) electrons. The van der Waals surface area contributed by atoms with Crippen LogP contribution in [0.5, 0.6) is 0 Å². The van der Waals surface area contributed by atoms with Gasteiger partial charge in [-0.05, 0) is 26.2 Å². The van der Waals surface area contributed by atoms with Gasteiger partial charge in [0.05, 0.1) is 6.61 Å². The lowest BCUT2D eigenvalue weighted by Gasteiger charge is -2.12. The number of rotatable bonds is 10. The Bertz CT molecular complexity index is 280. The van der Waals surface area contributed by atoms with Crippen LogP contribution in [-0.4, -0.2) is 51.3 Å². The molecule has 118 valence electrons. The maximum atomic E-state index is 11.3. The number of nitrogens with one attached hydrogen (secondary N) is 3. The first-order valence-corrected chi connectivity index (χ1v) is 7.46. The van der Waals surface area contributed by atoms with E-state index in [9.17, 15) is 4.79 Å². The van der Waals surface area contributed by atoms with E-state index in [1.165, 1.54) is 0 Å². The molecule has 0 aliphatic rings. The summed E-state index contributed by atoms with van der Waals surface area (Å²) in [5.74, 6) is 1.24. The molecular formula is C14H30N4O2. The van der Waals surface area contributed by atoms with Crippen molar-refractivity contribution in [2.45, 2.75) is 34.1 Å². The van der Waals surface area contributed by atoms with Gasteiger partial charge in [-0.1, -0.05) is 13.8 Å². The van der Waals surface area contributed by atoms with Crippen molar-refractivity contribution in [1.29, 1.82) is 0 Å². The zero-order valence-electron chi connectivity index (χ0n) is 13.3. The van der Waals surface area contributed by atoms with Gasteiger partial charge >= 0.3 is 0 Å². The van der Waals surface area contributed by atoms with E-state index in [-0.39, 0.29) is 12.5 Å². The van der Waals surface area contributed by atoms with Crippen LogP contribution in [0.2, 0.25) is 0 Å². The minimum atomic E-state index is -0.0714. The molecule has 3 N–H and O–H groups in total. The summed E-state index contributed by atoms with van der Waals surface area (Å²) in [7, 11) is 0. The van der Waals surface area contributed by atoms with Crippen molar-refractivity contribution in [3.05, 3.63) is 0 Å². The average molecular weight is 286 g/mol. The van der Waals surface area contributed by atoms with E-state index in [1.54, 1.807) is 0 Å². The van der Waals surface area contributed by atoms with Crippen LogP contribution >= 0.6 is 0 Å². The van der Waals surface area contributed by atoms with Crippen molar-refractivity contribution in [1.82, 2.24) is 16.0 Å². The normalized spacial score (nSPS) is 11.6. The Labute approximate surface area is 122 Å². The standard InChI is InChI=1S/C14H30N4O2/c1-5-15-13(19)11-18-14(16-6-2)17-8-10-20-9-7-12(3)4/h12H,5-11H2,1-4H3,(H,15,19)(H2,16,17,18). The van der Waals surface area contributed by atoms with E-state index in [1.807, 2.05) is 13.8 Å². The molecule has 0 aromatic rings. The van der Waals surface area contributed by atoms with Crippen LogP contribution in [0.3, 0.4) is 0 Å². The van der Waals surface area contributed by atoms with Crippen molar-refractivity contribution in [3.8, 4) is 0 Å². The predicted octanol–water partition coefficient (Wildman–Crippen LogP) is 0.740. The Morgan fingerprint density at radius 3 is 2.40 bits per heavy atom. The Balaban J connectivity index is 3.84. The number of carbonyl (C=O) groups excluding carboxylic acids is 1. The highest BCUT2D eigenvalue weighted by atomic mass is 16.5. The summed E-state index contributed by atoms with van der Waals surface area (Å²) in [5.41, 5.74) is 0. The minimum absolute atomic E-state index is 0.0714. The topological polar surface area (TPSA) is 74.8 Å². The fraction of sp³-hybridized carbons (Fsp3) is 0.857. The Kier molecular flexibility index (Phi) is 11.9. The van der Waals surface area contributed by atoms with Crippen molar-refractivity contribution in [3.63, 3.8) is 0 Å². The van der Waals surface area contributed by atoms with Gasteiger partial charge in [0.2, 0.25) is 5.91 Å². The molecule has 0 aromatic carbocycles. The van der Waals surface area contributed by atoms with Gasteiger partial charge in [0.25, 0.3) is 0 Å². The van der Waals surface area contributed by atoms with Crippen molar-refractivity contribution < 1.29 is 9.53 Å². The van der Waals surface area contributed by atoms with Gasteiger partial charge in [0.1, 0.15) is 6.54 Å². The number of hydrogen-bond donors (Lipinski definition) is 3. The lowest BCUT2D eigenvalue weighted by molar-refractivity contribution is -0.119. The molecule has 0 spiro atoms. The minimum Gasteiger partial charge on any atom is -0.380 e. The smallest absolute Gasteiger partial charge is 0.241 e. The molecule has 6 heteroatoms. The molecule has 0 saturated carbocycles. The molecule has 0 fully saturated rings. The van der Waals surface area contributed by atoms with E-state index < -0.39 is 0 Å². The summed E-state index contributed by atoms with van der Waals surface area (Å²) >= 11 is 0. The van der Waals surface area contributed by atoms with Crippen molar-refractivity contribution >= 4 is 11.9 Å². The van der Waals surface area contributed by atoms with Gasteiger partial charge in [-0.15, -0.1) is 0 Å². The first-order valence-electron chi connectivity index (χ1n) is 7.46. The van der Waals surface area contributed by atoms with E-state index in [2.05, 4.69) is 34.8 Å². The van der Waals surface area contributed by atoms with E-state index in [4.69, 9.17) is 4.74 Å². The molecule has 0 heterocycles. The lowest BCUT2D eigenvalue weighted by atomic mass is 10.1. The second-order valence-electron chi connectivity index (χ2n) is 4.87. The third kappa shape index (κ3) is 11.8. The molecule has 0 aliphatic carbocycles. The van der Waals surface area contributed by atoms with Crippen LogP contribution in [0.15, 0.2) is 4.99 Å². The van der Waals surface area contributed by atoms with Crippen molar-refractivity contribution in [2.75, 3.05) is 39.4 Å². The second-order valence-corrected chi connectivity index (χ2v) is 4.87. The van der Waals surface area contributed by atoms with Gasteiger partial charge in [-0.25, -0.2) is 4.99 Å². The molecule has 0 aromatic heterocycles.